The predicted molar refractivity (Wildman–Crippen MR) is 107 cm³/mol. The van der Waals surface area contributed by atoms with Gasteiger partial charge in [-0.1, -0.05) is 20.8 Å². The van der Waals surface area contributed by atoms with Crippen molar-refractivity contribution in [3.63, 3.8) is 0 Å². The van der Waals surface area contributed by atoms with Crippen LogP contribution in [0.25, 0.3) is 0 Å². The molecule has 1 amide bonds. The maximum absolute atomic E-state index is 12.3. The molecule has 2 rings (SSSR count). The molecule has 27 heavy (non-hydrogen) atoms. The number of hydrogen-bond acceptors (Lipinski definition) is 4. The summed E-state index contributed by atoms with van der Waals surface area (Å²) in [6.45, 7) is 7.03. The van der Waals surface area contributed by atoms with Crippen LogP contribution in [0.2, 0.25) is 0 Å². The van der Waals surface area contributed by atoms with Crippen molar-refractivity contribution in [2.75, 3.05) is 18.5 Å². The smallest absolute Gasteiger partial charge is 0.255 e. The van der Waals surface area contributed by atoms with Crippen molar-refractivity contribution in [2.24, 2.45) is 5.92 Å². The number of carbonyl (C=O) groups excluding carboxylic acids is 1. The molecule has 0 radical (unpaired) electrons. The van der Waals surface area contributed by atoms with Gasteiger partial charge >= 0.3 is 0 Å². The van der Waals surface area contributed by atoms with E-state index < -0.39 is 10.0 Å². The quantitative estimate of drug-likeness (QED) is 0.684. The van der Waals surface area contributed by atoms with E-state index in [1.54, 1.807) is 36.4 Å². The Labute approximate surface area is 161 Å². The van der Waals surface area contributed by atoms with Crippen LogP contribution in [0.4, 0.5) is 5.69 Å². The Hall–Kier alpha value is -2.38. The Morgan fingerprint density at radius 1 is 1.04 bits per heavy atom. The first kappa shape index (κ1) is 20.9. The minimum Gasteiger partial charge on any atom is -0.493 e. The highest BCUT2D eigenvalue weighted by Gasteiger charge is 2.13. The predicted octanol–water partition coefficient (Wildman–Crippen LogP) is 3.66. The van der Waals surface area contributed by atoms with Crippen LogP contribution in [0.3, 0.4) is 0 Å². The van der Waals surface area contributed by atoms with E-state index >= 15 is 0 Å². The molecule has 0 fully saturated rings. The summed E-state index contributed by atoms with van der Waals surface area (Å²) in [5, 5.41) is 2.75. The molecule has 0 heterocycles. The molecule has 0 unspecified atom stereocenters. The first-order chi connectivity index (χ1) is 12.8. The first-order valence-electron chi connectivity index (χ1n) is 8.95. The average Bonchev–Trinajstić information content (AvgIpc) is 2.65. The number of sulfonamides is 1. The molecule has 0 aliphatic rings. The molecule has 6 nitrogen and oxygen atoms in total. The van der Waals surface area contributed by atoms with Crippen LogP contribution in [0, 0.1) is 5.92 Å². The molecule has 0 aliphatic carbocycles. The zero-order valence-corrected chi connectivity index (χ0v) is 16.7. The summed E-state index contributed by atoms with van der Waals surface area (Å²) in [5.74, 6) is 0.872. The topological polar surface area (TPSA) is 84.5 Å². The van der Waals surface area contributed by atoms with E-state index in [0.29, 0.717) is 36.7 Å². The van der Waals surface area contributed by atoms with E-state index in [-0.39, 0.29) is 10.8 Å². The number of carbonyl (C=O) groups is 1. The van der Waals surface area contributed by atoms with Gasteiger partial charge in [-0.15, -0.1) is 0 Å². The summed E-state index contributed by atoms with van der Waals surface area (Å²) < 4.78 is 32.2. The van der Waals surface area contributed by atoms with Crippen LogP contribution in [0.5, 0.6) is 5.75 Å². The lowest BCUT2D eigenvalue weighted by molar-refractivity contribution is 0.102. The fourth-order valence-electron chi connectivity index (χ4n) is 2.21. The van der Waals surface area contributed by atoms with Gasteiger partial charge in [0.1, 0.15) is 5.75 Å². The molecule has 146 valence electrons. The highest BCUT2D eigenvalue weighted by Crippen LogP contribution is 2.17. The molecule has 2 aromatic rings. The van der Waals surface area contributed by atoms with Crippen molar-refractivity contribution < 1.29 is 17.9 Å². The van der Waals surface area contributed by atoms with E-state index in [1.165, 1.54) is 12.1 Å². The zero-order valence-electron chi connectivity index (χ0n) is 15.9. The number of benzene rings is 2. The summed E-state index contributed by atoms with van der Waals surface area (Å²) in [7, 11) is -3.51. The molecular weight excluding hydrogens is 364 g/mol. The first-order valence-corrected chi connectivity index (χ1v) is 10.4. The lowest BCUT2D eigenvalue weighted by atomic mass is 10.2. The monoisotopic (exact) mass is 390 g/mol. The molecule has 0 spiro atoms. The maximum Gasteiger partial charge on any atom is 0.255 e. The SMILES string of the molecule is CCCNS(=O)(=O)c1ccc(NC(=O)c2ccc(OCC(C)C)cc2)cc1. The van der Waals surface area contributed by atoms with Crippen LogP contribution in [0.15, 0.2) is 53.4 Å². The fourth-order valence-corrected chi connectivity index (χ4v) is 3.34. The van der Waals surface area contributed by atoms with Gasteiger partial charge in [0.05, 0.1) is 11.5 Å². The van der Waals surface area contributed by atoms with Crippen molar-refractivity contribution in [2.45, 2.75) is 32.1 Å². The van der Waals surface area contributed by atoms with Gasteiger partial charge in [0.15, 0.2) is 0 Å². The Kier molecular flexibility index (Phi) is 7.38. The minimum atomic E-state index is -3.51. The number of nitrogens with one attached hydrogen (secondary N) is 2. The molecule has 0 aromatic heterocycles. The van der Waals surface area contributed by atoms with Crippen LogP contribution in [0.1, 0.15) is 37.6 Å². The van der Waals surface area contributed by atoms with E-state index in [1.807, 2.05) is 6.92 Å². The molecule has 0 aliphatic heterocycles. The van der Waals surface area contributed by atoms with Gasteiger partial charge in [-0.05, 0) is 60.9 Å². The van der Waals surface area contributed by atoms with Crippen molar-refractivity contribution in [1.82, 2.24) is 4.72 Å². The van der Waals surface area contributed by atoms with Gasteiger partial charge in [0.25, 0.3) is 5.91 Å². The second kappa shape index (κ2) is 9.53. The lowest BCUT2D eigenvalue weighted by Gasteiger charge is -2.10. The summed E-state index contributed by atoms with van der Waals surface area (Å²) in [4.78, 5) is 12.5. The molecule has 0 saturated carbocycles. The fraction of sp³-hybridized carbons (Fsp3) is 0.350. The second-order valence-corrected chi connectivity index (χ2v) is 8.37. The van der Waals surface area contributed by atoms with Gasteiger partial charge in [0, 0.05) is 17.8 Å². The van der Waals surface area contributed by atoms with Crippen LogP contribution >= 0.6 is 0 Å². The van der Waals surface area contributed by atoms with E-state index in [9.17, 15) is 13.2 Å². The van der Waals surface area contributed by atoms with E-state index in [4.69, 9.17) is 4.74 Å². The van der Waals surface area contributed by atoms with E-state index in [0.717, 1.165) is 5.75 Å². The van der Waals surface area contributed by atoms with Gasteiger partial charge < -0.3 is 10.1 Å². The van der Waals surface area contributed by atoms with Crippen molar-refractivity contribution >= 4 is 21.6 Å². The summed E-state index contributed by atoms with van der Waals surface area (Å²) >= 11 is 0. The highest BCUT2D eigenvalue weighted by atomic mass is 32.2. The van der Waals surface area contributed by atoms with Crippen molar-refractivity contribution in [3.05, 3.63) is 54.1 Å². The molecule has 2 aromatic carbocycles. The number of anilines is 1. The molecule has 0 saturated heterocycles. The van der Waals surface area contributed by atoms with Gasteiger partial charge in [-0.2, -0.15) is 0 Å². The van der Waals surface area contributed by atoms with Crippen LogP contribution in [-0.4, -0.2) is 27.5 Å². The molecular formula is C20H26N2O4S. The van der Waals surface area contributed by atoms with Crippen molar-refractivity contribution in [3.8, 4) is 5.75 Å². The van der Waals surface area contributed by atoms with Crippen molar-refractivity contribution in [1.29, 1.82) is 0 Å². The third-order valence-electron chi connectivity index (χ3n) is 3.66. The zero-order chi connectivity index (χ0) is 19.9. The van der Waals surface area contributed by atoms with Crippen LogP contribution in [-0.2, 0) is 10.0 Å². The Balaban J connectivity index is 1.99. The van der Waals surface area contributed by atoms with Gasteiger partial charge in [-0.3, -0.25) is 4.79 Å². The summed E-state index contributed by atoms with van der Waals surface area (Å²) in [6, 6.07) is 13.0. The Morgan fingerprint density at radius 3 is 2.22 bits per heavy atom. The van der Waals surface area contributed by atoms with Gasteiger partial charge in [0.2, 0.25) is 10.0 Å². The number of ether oxygens (including phenoxy) is 1. The van der Waals surface area contributed by atoms with Crippen LogP contribution < -0.4 is 14.8 Å². The largest absolute Gasteiger partial charge is 0.493 e. The normalized spacial score (nSPS) is 11.4. The molecule has 0 atom stereocenters. The highest BCUT2D eigenvalue weighted by molar-refractivity contribution is 7.89. The number of hydrogen-bond donors (Lipinski definition) is 2. The minimum absolute atomic E-state index is 0.167. The average molecular weight is 391 g/mol. The summed E-state index contributed by atoms with van der Waals surface area (Å²) in [6.07, 6.45) is 0.717. The third kappa shape index (κ3) is 6.37. The maximum atomic E-state index is 12.3. The summed E-state index contributed by atoms with van der Waals surface area (Å²) in [5.41, 5.74) is 1.02. The Bertz CT molecular complexity index is 845. The van der Waals surface area contributed by atoms with E-state index in [2.05, 4.69) is 23.9 Å². The third-order valence-corrected chi connectivity index (χ3v) is 5.14. The standard InChI is InChI=1S/C20H26N2O4S/c1-4-13-21-27(24,25)19-11-7-17(8-12-19)22-20(23)16-5-9-18(10-6-16)26-14-15(2)3/h5-12,15,21H,4,13-14H2,1-3H3,(H,22,23). The molecule has 2 N–H and O–H groups in total. The number of rotatable bonds is 9. The Morgan fingerprint density at radius 2 is 1.67 bits per heavy atom. The molecule has 0 bridgehead atoms. The van der Waals surface area contributed by atoms with Gasteiger partial charge in [-0.25, -0.2) is 13.1 Å². The second-order valence-electron chi connectivity index (χ2n) is 6.61. The molecule has 7 heteroatoms. The lowest BCUT2D eigenvalue weighted by Crippen LogP contribution is -2.24. The number of amides is 1.